The van der Waals surface area contributed by atoms with E-state index >= 15 is 0 Å². The van der Waals surface area contributed by atoms with Gasteiger partial charge in [0.15, 0.2) is 0 Å². The molecule has 0 heterocycles. The molecule has 2 aliphatic carbocycles. The van der Waals surface area contributed by atoms with Crippen molar-refractivity contribution >= 4 is 5.91 Å². The molecular formula is C18H33NO3. The fraction of sp³-hybridized carbons (Fsp3) is 0.944. The van der Waals surface area contributed by atoms with E-state index in [0.29, 0.717) is 12.3 Å². The van der Waals surface area contributed by atoms with Crippen LogP contribution in [-0.2, 0) is 4.79 Å². The maximum absolute atomic E-state index is 12.1. The lowest BCUT2D eigenvalue weighted by atomic mass is 9.83. The Balaban J connectivity index is 1.64. The van der Waals surface area contributed by atoms with E-state index in [9.17, 15) is 15.0 Å². The zero-order chi connectivity index (χ0) is 15.8. The van der Waals surface area contributed by atoms with Crippen LogP contribution < -0.4 is 5.32 Å². The summed E-state index contributed by atoms with van der Waals surface area (Å²) in [5, 5.41) is 22.1. The Morgan fingerprint density at radius 1 is 1.00 bits per heavy atom. The van der Waals surface area contributed by atoms with E-state index in [2.05, 4.69) is 5.32 Å². The topological polar surface area (TPSA) is 69.6 Å². The Kier molecular flexibility index (Phi) is 7.67. The summed E-state index contributed by atoms with van der Waals surface area (Å²) in [5.74, 6) is 1.35. The van der Waals surface area contributed by atoms with Gasteiger partial charge in [0.05, 0.1) is 18.8 Å². The average molecular weight is 311 g/mol. The minimum Gasteiger partial charge on any atom is -0.394 e. The van der Waals surface area contributed by atoms with E-state index in [0.717, 1.165) is 44.4 Å². The monoisotopic (exact) mass is 311 g/mol. The molecule has 3 N–H and O–H groups in total. The molecule has 0 bridgehead atoms. The van der Waals surface area contributed by atoms with Gasteiger partial charge in [-0.25, -0.2) is 0 Å². The highest BCUT2D eigenvalue weighted by Crippen LogP contribution is 2.28. The first-order valence-electron chi connectivity index (χ1n) is 9.25. The molecule has 0 spiro atoms. The number of aliphatic hydroxyl groups is 2. The van der Waals surface area contributed by atoms with Crippen LogP contribution in [0.1, 0.15) is 77.0 Å². The van der Waals surface area contributed by atoms with Gasteiger partial charge in [-0.2, -0.15) is 0 Å². The first-order chi connectivity index (χ1) is 10.7. The van der Waals surface area contributed by atoms with Crippen LogP contribution in [0.4, 0.5) is 0 Å². The van der Waals surface area contributed by atoms with Crippen molar-refractivity contribution in [1.82, 2.24) is 5.32 Å². The molecule has 22 heavy (non-hydrogen) atoms. The quantitative estimate of drug-likeness (QED) is 0.677. The van der Waals surface area contributed by atoms with Gasteiger partial charge in [0.25, 0.3) is 0 Å². The van der Waals surface area contributed by atoms with Gasteiger partial charge in [-0.1, -0.05) is 32.1 Å². The number of amides is 1. The molecule has 2 rings (SSSR count). The van der Waals surface area contributed by atoms with Gasteiger partial charge in [0.1, 0.15) is 0 Å². The first kappa shape index (κ1) is 17.7. The summed E-state index contributed by atoms with van der Waals surface area (Å²) in [4.78, 5) is 12.1. The molecule has 0 aromatic heterocycles. The van der Waals surface area contributed by atoms with E-state index in [1.807, 2.05) is 0 Å². The minimum atomic E-state index is -0.145. The van der Waals surface area contributed by atoms with Gasteiger partial charge in [-0.05, 0) is 50.4 Å². The molecule has 1 unspecified atom stereocenters. The normalized spacial score (nSPS) is 28.3. The number of carbonyl (C=O) groups is 1. The van der Waals surface area contributed by atoms with Crippen molar-refractivity contribution in [3.63, 3.8) is 0 Å². The zero-order valence-corrected chi connectivity index (χ0v) is 13.8. The summed E-state index contributed by atoms with van der Waals surface area (Å²) in [6.45, 7) is 0.0220. The molecule has 1 amide bonds. The van der Waals surface area contributed by atoms with Crippen molar-refractivity contribution in [2.45, 2.75) is 89.2 Å². The number of nitrogens with one attached hydrogen (secondary N) is 1. The molecular weight excluding hydrogens is 278 g/mol. The fourth-order valence-corrected chi connectivity index (χ4v) is 4.07. The number of hydrogen-bond donors (Lipinski definition) is 3. The largest absolute Gasteiger partial charge is 0.394 e. The molecule has 4 heteroatoms. The van der Waals surface area contributed by atoms with Crippen LogP contribution in [0.25, 0.3) is 0 Å². The predicted molar refractivity (Wildman–Crippen MR) is 87.4 cm³/mol. The first-order valence-corrected chi connectivity index (χ1v) is 9.25. The Hall–Kier alpha value is -0.610. The van der Waals surface area contributed by atoms with Crippen molar-refractivity contribution < 1.29 is 15.0 Å². The lowest BCUT2D eigenvalue weighted by molar-refractivity contribution is -0.122. The Labute approximate surface area is 134 Å². The molecule has 2 aliphatic rings. The van der Waals surface area contributed by atoms with Crippen molar-refractivity contribution in [3.8, 4) is 0 Å². The summed E-state index contributed by atoms with van der Waals surface area (Å²) in [6, 6.07) is -0.112. The Morgan fingerprint density at radius 3 is 2.32 bits per heavy atom. The molecule has 4 nitrogen and oxygen atoms in total. The van der Waals surface area contributed by atoms with Gasteiger partial charge < -0.3 is 15.5 Å². The van der Waals surface area contributed by atoms with Gasteiger partial charge in [-0.15, -0.1) is 0 Å². The maximum atomic E-state index is 12.1. The fourth-order valence-electron chi connectivity index (χ4n) is 4.07. The molecule has 0 aromatic rings. The lowest BCUT2D eigenvalue weighted by Crippen LogP contribution is -2.39. The smallest absolute Gasteiger partial charge is 0.220 e. The standard InChI is InChI=1S/C18H33NO3/c20-13-16(12-15-6-9-17(21)10-7-15)19-18(22)11-8-14-4-2-1-3-5-14/h14-17,20-21H,1-13H2,(H,19,22). The van der Waals surface area contributed by atoms with Crippen molar-refractivity contribution in [3.05, 3.63) is 0 Å². The van der Waals surface area contributed by atoms with Gasteiger partial charge in [0, 0.05) is 6.42 Å². The van der Waals surface area contributed by atoms with Crippen molar-refractivity contribution in [1.29, 1.82) is 0 Å². The van der Waals surface area contributed by atoms with Gasteiger partial charge in [0.2, 0.25) is 5.91 Å². The van der Waals surface area contributed by atoms with E-state index < -0.39 is 0 Å². The summed E-state index contributed by atoms with van der Waals surface area (Å²) in [7, 11) is 0. The van der Waals surface area contributed by atoms with E-state index in [1.54, 1.807) is 0 Å². The van der Waals surface area contributed by atoms with Gasteiger partial charge in [-0.3, -0.25) is 4.79 Å². The number of aliphatic hydroxyl groups excluding tert-OH is 2. The van der Waals surface area contributed by atoms with Crippen LogP contribution in [-0.4, -0.2) is 34.9 Å². The third-order valence-electron chi connectivity index (χ3n) is 5.52. The lowest BCUT2D eigenvalue weighted by Gasteiger charge is -2.28. The molecule has 2 fully saturated rings. The van der Waals surface area contributed by atoms with E-state index in [4.69, 9.17) is 0 Å². The Bertz CT molecular complexity index is 320. The van der Waals surface area contributed by atoms with Crippen LogP contribution in [0.5, 0.6) is 0 Å². The second-order valence-corrected chi connectivity index (χ2v) is 7.40. The SMILES string of the molecule is O=C(CCC1CCCCC1)NC(CO)CC1CCC(O)CC1. The highest BCUT2D eigenvalue weighted by molar-refractivity contribution is 5.76. The highest BCUT2D eigenvalue weighted by atomic mass is 16.3. The van der Waals surface area contributed by atoms with Crippen LogP contribution in [0.3, 0.4) is 0 Å². The molecule has 2 saturated carbocycles. The third-order valence-corrected chi connectivity index (χ3v) is 5.52. The van der Waals surface area contributed by atoms with Gasteiger partial charge >= 0.3 is 0 Å². The van der Waals surface area contributed by atoms with Crippen LogP contribution in [0, 0.1) is 11.8 Å². The van der Waals surface area contributed by atoms with Crippen molar-refractivity contribution in [2.75, 3.05) is 6.61 Å². The summed E-state index contributed by atoms with van der Waals surface area (Å²) >= 11 is 0. The van der Waals surface area contributed by atoms with Crippen LogP contribution in [0.15, 0.2) is 0 Å². The van der Waals surface area contributed by atoms with Crippen LogP contribution >= 0.6 is 0 Å². The second-order valence-electron chi connectivity index (χ2n) is 7.40. The molecule has 0 saturated heterocycles. The maximum Gasteiger partial charge on any atom is 0.220 e. The summed E-state index contributed by atoms with van der Waals surface area (Å²) in [5.41, 5.74) is 0. The highest BCUT2D eigenvalue weighted by Gasteiger charge is 2.23. The predicted octanol–water partition coefficient (Wildman–Crippen LogP) is 2.77. The third kappa shape index (κ3) is 6.25. The second kappa shape index (κ2) is 9.51. The summed E-state index contributed by atoms with van der Waals surface area (Å²) < 4.78 is 0. The molecule has 1 atom stereocenters. The minimum absolute atomic E-state index is 0.0220. The molecule has 128 valence electrons. The molecule has 0 aromatic carbocycles. The van der Waals surface area contributed by atoms with Crippen LogP contribution in [0.2, 0.25) is 0 Å². The number of rotatable bonds is 7. The molecule has 0 aliphatic heterocycles. The summed E-state index contributed by atoms with van der Waals surface area (Å²) in [6.07, 6.45) is 12.6. The number of hydrogen-bond acceptors (Lipinski definition) is 3. The average Bonchev–Trinajstić information content (AvgIpc) is 2.55. The molecule has 0 radical (unpaired) electrons. The number of carbonyl (C=O) groups excluding carboxylic acids is 1. The zero-order valence-electron chi connectivity index (χ0n) is 13.8. The van der Waals surface area contributed by atoms with E-state index in [-0.39, 0.29) is 24.7 Å². The van der Waals surface area contributed by atoms with Crippen molar-refractivity contribution in [2.24, 2.45) is 11.8 Å². The Morgan fingerprint density at radius 2 is 1.68 bits per heavy atom. The van der Waals surface area contributed by atoms with E-state index in [1.165, 1.54) is 32.1 Å².